The van der Waals surface area contributed by atoms with Gasteiger partial charge in [-0.2, -0.15) is 0 Å². The number of nitrogens with one attached hydrogen (secondary N) is 2. The smallest absolute Gasteiger partial charge is 0.268 e. The molecule has 20 heavy (non-hydrogen) atoms. The first-order valence-electron chi connectivity index (χ1n) is 6.23. The number of amides is 1. The molecule has 0 aliphatic heterocycles. The molecule has 4 nitrogen and oxygen atoms in total. The lowest BCUT2D eigenvalue weighted by atomic mass is 10.1. The van der Waals surface area contributed by atoms with Crippen molar-refractivity contribution in [2.45, 2.75) is 19.9 Å². The molecule has 0 saturated carbocycles. The third-order valence-electron chi connectivity index (χ3n) is 3.06. The molecule has 1 amide bonds. The Morgan fingerprint density at radius 3 is 2.70 bits per heavy atom. The zero-order valence-corrected chi connectivity index (χ0v) is 11.2. The van der Waals surface area contributed by atoms with Gasteiger partial charge >= 0.3 is 0 Å². The van der Waals surface area contributed by atoms with Gasteiger partial charge in [-0.1, -0.05) is 18.2 Å². The Bertz CT molecular complexity index is 694. The van der Waals surface area contributed by atoms with Gasteiger partial charge in [-0.3, -0.25) is 9.59 Å². The number of rotatable bonds is 3. The minimum Gasteiger partial charge on any atom is -0.344 e. The van der Waals surface area contributed by atoms with Crippen LogP contribution in [0.3, 0.4) is 0 Å². The average molecular weight is 274 g/mol. The molecule has 1 heterocycles. The van der Waals surface area contributed by atoms with Crippen molar-refractivity contribution < 1.29 is 9.18 Å². The van der Waals surface area contributed by atoms with E-state index in [1.165, 1.54) is 24.3 Å². The van der Waals surface area contributed by atoms with Crippen LogP contribution >= 0.6 is 0 Å². The molecule has 0 fully saturated rings. The number of aryl methyl sites for hydroxylation is 1. The summed E-state index contributed by atoms with van der Waals surface area (Å²) in [5.74, 6) is -0.715. The lowest BCUT2D eigenvalue weighted by Crippen LogP contribution is -2.28. The maximum atomic E-state index is 13.5. The number of halogens is 1. The summed E-state index contributed by atoms with van der Waals surface area (Å²) in [7, 11) is 0. The van der Waals surface area contributed by atoms with Crippen LogP contribution in [0.4, 0.5) is 4.39 Å². The van der Waals surface area contributed by atoms with Crippen LogP contribution in [0.2, 0.25) is 0 Å². The van der Waals surface area contributed by atoms with E-state index in [9.17, 15) is 14.0 Å². The van der Waals surface area contributed by atoms with E-state index < -0.39 is 5.91 Å². The highest BCUT2D eigenvalue weighted by Gasteiger charge is 2.13. The van der Waals surface area contributed by atoms with Crippen LogP contribution in [-0.4, -0.2) is 10.9 Å². The third kappa shape index (κ3) is 3.12. The van der Waals surface area contributed by atoms with E-state index in [2.05, 4.69) is 10.3 Å². The number of aromatic nitrogens is 1. The van der Waals surface area contributed by atoms with E-state index in [0.717, 1.165) is 0 Å². The molecule has 0 aliphatic carbocycles. The van der Waals surface area contributed by atoms with E-state index >= 15 is 0 Å². The van der Waals surface area contributed by atoms with E-state index in [-0.39, 0.29) is 23.1 Å². The summed E-state index contributed by atoms with van der Waals surface area (Å²) in [6.07, 6.45) is 0. The predicted octanol–water partition coefficient (Wildman–Crippen LogP) is 2.31. The van der Waals surface area contributed by atoms with Crippen molar-refractivity contribution in [2.24, 2.45) is 0 Å². The van der Waals surface area contributed by atoms with Crippen molar-refractivity contribution in [2.75, 3.05) is 0 Å². The number of hydrogen-bond acceptors (Lipinski definition) is 2. The number of aromatic amines is 1. The summed E-state index contributed by atoms with van der Waals surface area (Å²) in [4.78, 5) is 25.5. The van der Waals surface area contributed by atoms with Crippen LogP contribution in [0.1, 0.15) is 34.6 Å². The molecule has 0 saturated heterocycles. The molecule has 0 spiro atoms. The number of H-pyrrole nitrogens is 1. The van der Waals surface area contributed by atoms with Crippen LogP contribution in [0, 0.1) is 12.7 Å². The topological polar surface area (TPSA) is 62.0 Å². The fourth-order valence-electron chi connectivity index (χ4n) is 1.82. The number of hydrogen-bond donors (Lipinski definition) is 2. The van der Waals surface area contributed by atoms with Crippen LogP contribution in [0.5, 0.6) is 0 Å². The van der Waals surface area contributed by atoms with E-state index in [4.69, 9.17) is 0 Å². The molecule has 2 aromatic rings. The molecule has 2 N–H and O–H groups in total. The van der Waals surface area contributed by atoms with Gasteiger partial charge in [-0.05, 0) is 37.1 Å². The normalized spacial score (nSPS) is 11.9. The lowest BCUT2D eigenvalue weighted by molar-refractivity contribution is 0.0934. The second kappa shape index (κ2) is 5.69. The molecule has 104 valence electrons. The molecule has 1 atom stereocenters. The quantitative estimate of drug-likeness (QED) is 0.902. The summed E-state index contributed by atoms with van der Waals surface area (Å²) >= 11 is 0. The van der Waals surface area contributed by atoms with Gasteiger partial charge in [-0.25, -0.2) is 4.39 Å². The standard InChI is InChI=1S/C15H15FN2O2/c1-9-6-7-11(8-12(9)16)10(2)17-15(20)13-4-3-5-14(19)18-13/h3-8,10H,1-2H3,(H,17,20)(H,18,19). The van der Waals surface area contributed by atoms with Gasteiger partial charge in [0.15, 0.2) is 0 Å². The minimum absolute atomic E-state index is 0.178. The average Bonchev–Trinajstić information content (AvgIpc) is 2.41. The summed E-state index contributed by atoms with van der Waals surface area (Å²) in [5.41, 5.74) is 1.06. The monoisotopic (exact) mass is 274 g/mol. The van der Waals surface area contributed by atoms with Gasteiger partial charge in [-0.15, -0.1) is 0 Å². The summed E-state index contributed by atoms with van der Waals surface area (Å²) < 4.78 is 13.5. The Morgan fingerprint density at radius 2 is 2.05 bits per heavy atom. The van der Waals surface area contributed by atoms with Crippen molar-refractivity contribution in [3.05, 3.63) is 69.4 Å². The molecule has 0 aliphatic rings. The number of carbonyl (C=O) groups excluding carboxylic acids is 1. The molecular weight excluding hydrogens is 259 g/mol. The molecule has 0 radical (unpaired) electrons. The van der Waals surface area contributed by atoms with E-state index in [1.807, 2.05) is 0 Å². The fourth-order valence-corrected chi connectivity index (χ4v) is 1.82. The Hall–Kier alpha value is -2.43. The summed E-state index contributed by atoms with van der Waals surface area (Å²) in [5, 5.41) is 2.71. The van der Waals surface area contributed by atoms with Crippen molar-refractivity contribution in [1.82, 2.24) is 10.3 Å². The summed E-state index contributed by atoms with van der Waals surface area (Å²) in [6.45, 7) is 3.43. The predicted molar refractivity (Wildman–Crippen MR) is 74.1 cm³/mol. The molecule has 1 aromatic heterocycles. The minimum atomic E-state index is -0.406. The summed E-state index contributed by atoms with van der Waals surface area (Å²) in [6, 6.07) is 8.81. The second-order valence-electron chi connectivity index (χ2n) is 4.63. The maximum Gasteiger partial charge on any atom is 0.268 e. The third-order valence-corrected chi connectivity index (χ3v) is 3.06. The maximum absolute atomic E-state index is 13.5. The van der Waals surface area contributed by atoms with Gasteiger partial charge in [0.05, 0.1) is 6.04 Å². The van der Waals surface area contributed by atoms with Gasteiger partial charge < -0.3 is 10.3 Å². The van der Waals surface area contributed by atoms with Crippen molar-refractivity contribution in [1.29, 1.82) is 0 Å². The fraction of sp³-hybridized carbons (Fsp3) is 0.200. The highest BCUT2D eigenvalue weighted by molar-refractivity contribution is 5.92. The van der Waals surface area contributed by atoms with Crippen molar-refractivity contribution >= 4 is 5.91 Å². The largest absolute Gasteiger partial charge is 0.344 e. The second-order valence-corrected chi connectivity index (χ2v) is 4.63. The molecule has 0 bridgehead atoms. The lowest BCUT2D eigenvalue weighted by Gasteiger charge is -2.14. The van der Waals surface area contributed by atoms with Gasteiger partial charge in [0.1, 0.15) is 11.5 Å². The van der Waals surface area contributed by atoms with Crippen LogP contribution in [0.25, 0.3) is 0 Å². The Morgan fingerprint density at radius 1 is 1.30 bits per heavy atom. The molecule has 5 heteroatoms. The molecule has 1 unspecified atom stereocenters. The SMILES string of the molecule is Cc1ccc(C(C)NC(=O)c2cccc(=O)[nH]2)cc1F. The number of carbonyl (C=O) groups is 1. The number of benzene rings is 1. The van der Waals surface area contributed by atoms with Crippen molar-refractivity contribution in [3.63, 3.8) is 0 Å². The Labute approximate surface area is 115 Å². The first kappa shape index (κ1) is 14.0. The molecular formula is C15H15FN2O2. The molecule has 2 rings (SSSR count). The Kier molecular flexibility index (Phi) is 3.98. The highest BCUT2D eigenvalue weighted by Crippen LogP contribution is 2.16. The number of pyridine rings is 1. The highest BCUT2D eigenvalue weighted by atomic mass is 19.1. The van der Waals surface area contributed by atoms with E-state index in [0.29, 0.717) is 11.1 Å². The van der Waals surface area contributed by atoms with E-state index in [1.54, 1.807) is 26.0 Å². The van der Waals surface area contributed by atoms with Gasteiger partial charge in [0.25, 0.3) is 5.91 Å². The van der Waals surface area contributed by atoms with Crippen LogP contribution in [0.15, 0.2) is 41.2 Å². The first-order valence-corrected chi connectivity index (χ1v) is 6.23. The van der Waals surface area contributed by atoms with Gasteiger partial charge in [0, 0.05) is 6.07 Å². The van der Waals surface area contributed by atoms with Crippen LogP contribution in [-0.2, 0) is 0 Å². The van der Waals surface area contributed by atoms with Crippen molar-refractivity contribution in [3.8, 4) is 0 Å². The molecule has 1 aromatic carbocycles. The first-order chi connectivity index (χ1) is 9.47. The van der Waals surface area contributed by atoms with Crippen LogP contribution < -0.4 is 10.9 Å². The zero-order chi connectivity index (χ0) is 14.7. The zero-order valence-electron chi connectivity index (χ0n) is 11.2. The Balaban J connectivity index is 2.14. The van der Waals surface area contributed by atoms with Gasteiger partial charge in [0.2, 0.25) is 5.56 Å².